The van der Waals surface area contributed by atoms with Crippen molar-refractivity contribution in [1.82, 2.24) is 5.32 Å². The number of nitrogens with two attached hydrogens (primary N) is 1. The van der Waals surface area contributed by atoms with Gasteiger partial charge in [0.15, 0.2) is 5.78 Å². The van der Waals surface area contributed by atoms with E-state index < -0.39 is 0 Å². The summed E-state index contributed by atoms with van der Waals surface area (Å²) >= 11 is 5.77. The summed E-state index contributed by atoms with van der Waals surface area (Å²) in [5, 5.41) is 3.02. The van der Waals surface area contributed by atoms with Crippen LogP contribution in [0.4, 0.5) is 5.69 Å². The first-order chi connectivity index (χ1) is 7.50. The molecule has 0 aromatic heterocycles. The van der Waals surface area contributed by atoms with Crippen molar-refractivity contribution in [3.8, 4) is 0 Å². The molecule has 1 aromatic rings. The predicted octanol–water partition coefficient (Wildman–Crippen LogP) is 1.63. The Hall–Kier alpha value is -1.55. The minimum Gasteiger partial charge on any atom is -0.398 e. The minimum atomic E-state index is -0.160. The lowest BCUT2D eigenvalue weighted by atomic mass is 10.1. The van der Waals surface area contributed by atoms with E-state index in [1.807, 2.05) is 0 Å². The maximum absolute atomic E-state index is 11.7. The number of hydrogen-bond acceptors (Lipinski definition) is 3. The molecule has 0 saturated carbocycles. The van der Waals surface area contributed by atoms with E-state index in [1.54, 1.807) is 12.1 Å². The predicted molar refractivity (Wildman–Crippen MR) is 63.5 cm³/mol. The van der Waals surface area contributed by atoms with E-state index in [0.29, 0.717) is 22.8 Å². The van der Waals surface area contributed by atoms with Gasteiger partial charge in [-0.05, 0) is 18.2 Å². The van der Waals surface area contributed by atoms with Gasteiger partial charge >= 0.3 is 0 Å². The van der Waals surface area contributed by atoms with Crippen molar-refractivity contribution in [2.45, 2.75) is 13.3 Å². The minimum absolute atomic E-state index is 0.131. The molecule has 3 N–H and O–H groups in total. The Morgan fingerprint density at radius 3 is 2.75 bits per heavy atom. The molecule has 0 spiro atoms. The zero-order valence-electron chi connectivity index (χ0n) is 8.92. The van der Waals surface area contributed by atoms with Crippen molar-refractivity contribution in [2.24, 2.45) is 0 Å². The zero-order valence-corrected chi connectivity index (χ0v) is 9.67. The highest BCUT2D eigenvalue weighted by molar-refractivity contribution is 6.31. The molecule has 0 atom stereocenters. The number of carbonyl (C=O) groups excluding carboxylic acids is 2. The summed E-state index contributed by atoms with van der Waals surface area (Å²) in [6.45, 7) is 1.71. The largest absolute Gasteiger partial charge is 0.398 e. The van der Waals surface area contributed by atoms with Crippen LogP contribution in [0, 0.1) is 0 Å². The van der Waals surface area contributed by atoms with Crippen LogP contribution in [0.2, 0.25) is 5.02 Å². The molecule has 86 valence electrons. The molecule has 1 aromatic carbocycles. The molecule has 0 fully saturated rings. The highest BCUT2D eigenvalue weighted by Crippen LogP contribution is 2.19. The van der Waals surface area contributed by atoms with Crippen LogP contribution in [-0.2, 0) is 4.79 Å². The average Bonchev–Trinajstić information content (AvgIpc) is 2.21. The topological polar surface area (TPSA) is 72.2 Å². The van der Waals surface area contributed by atoms with Crippen molar-refractivity contribution in [1.29, 1.82) is 0 Å². The van der Waals surface area contributed by atoms with E-state index in [-0.39, 0.29) is 18.1 Å². The Balaban J connectivity index is 2.65. The van der Waals surface area contributed by atoms with Crippen molar-refractivity contribution < 1.29 is 9.59 Å². The van der Waals surface area contributed by atoms with Gasteiger partial charge in [0, 0.05) is 36.2 Å². The van der Waals surface area contributed by atoms with Crippen LogP contribution in [-0.4, -0.2) is 18.2 Å². The van der Waals surface area contributed by atoms with Gasteiger partial charge in [-0.25, -0.2) is 0 Å². The Labute approximate surface area is 98.8 Å². The molecule has 0 radical (unpaired) electrons. The summed E-state index contributed by atoms with van der Waals surface area (Å²) < 4.78 is 0. The number of carbonyl (C=O) groups is 2. The standard InChI is InChI=1S/C11H13ClN2O2/c1-7(15)14-5-4-11(16)9-6-8(12)2-3-10(9)13/h2-3,6H,4-5,13H2,1H3,(H,14,15). The smallest absolute Gasteiger partial charge is 0.216 e. The fourth-order valence-corrected chi connectivity index (χ4v) is 1.43. The van der Waals surface area contributed by atoms with Crippen LogP contribution in [0.25, 0.3) is 0 Å². The monoisotopic (exact) mass is 240 g/mol. The van der Waals surface area contributed by atoms with E-state index in [4.69, 9.17) is 17.3 Å². The molecule has 4 nitrogen and oxygen atoms in total. The molecule has 16 heavy (non-hydrogen) atoms. The number of Topliss-reactive ketones (excluding diaryl/α,β-unsaturated/α-hetero) is 1. The normalized spacial score (nSPS) is 9.88. The maximum Gasteiger partial charge on any atom is 0.216 e. The molecular weight excluding hydrogens is 228 g/mol. The number of nitrogens with one attached hydrogen (secondary N) is 1. The lowest BCUT2D eigenvalue weighted by molar-refractivity contribution is -0.118. The van der Waals surface area contributed by atoms with Gasteiger partial charge in [0.1, 0.15) is 0 Å². The number of benzene rings is 1. The number of halogens is 1. The molecule has 5 heteroatoms. The molecule has 1 amide bonds. The third kappa shape index (κ3) is 3.55. The number of ketones is 1. The number of amides is 1. The van der Waals surface area contributed by atoms with Crippen LogP contribution in [0.5, 0.6) is 0 Å². The Morgan fingerprint density at radius 1 is 1.44 bits per heavy atom. The van der Waals surface area contributed by atoms with Gasteiger partial charge in [-0.3, -0.25) is 9.59 Å². The maximum atomic E-state index is 11.7. The van der Waals surface area contributed by atoms with Gasteiger partial charge in [0.2, 0.25) is 5.91 Å². The highest BCUT2D eigenvalue weighted by atomic mass is 35.5. The molecule has 0 unspecified atom stereocenters. The third-order valence-corrected chi connectivity index (χ3v) is 2.28. The van der Waals surface area contributed by atoms with Crippen LogP contribution >= 0.6 is 11.6 Å². The molecule has 0 saturated heterocycles. The second-order valence-electron chi connectivity index (χ2n) is 3.39. The van der Waals surface area contributed by atoms with Gasteiger partial charge in [-0.15, -0.1) is 0 Å². The van der Waals surface area contributed by atoms with E-state index in [9.17, 15) is 9.59 Å². The summed E-state index contributed by atoms with van der Waals surface area (Å²) in [7, 11) is 0. The lowest BCUT2D eigenvalue weighted by Gasteiger charge is -2.05. The molecule has 1 rings (SSSR count). The zero-order chi connectivity index (χ0) is 12.1. The van der Waals surface area contributed by atoms with Gasteiger partial charge in [-0.1, -0.05) is 11.6 Å². The summed E-state index contributed by atoms with van der Waals surface area (Å²) in [5.74, 6) is -0.291. The summed E-state index contributed by atoms with van der Waals surface area (Å²) in [4.78, 5) is 22.3. The van der Waals surface area contributed by atoms with Crippen LogP contribution in [0.3, 0.4) is 0 Å². The van der Waals surface area contributed by atoms with E-state index in [1.165, 1.54) is 13.0 Å². The third-order valence-electron chi connectivity index (χ3n) is 2.04. The summed E-state index contributed by atoms with van der Waals surface area (Å²) in [6, 6.07) is 4.75. The SMILES string of the molecule is CC(=O)NCCC(=O)c1cc(Cl)ccc1N. The lowest BCUT2D eigenvalue weighted by Crippen LogP contribution is -2.23. The fraction of sp³-hybridized carbons (Fsp3) is 0.273. The first-order valence-electron chi connectivity index (χ1n) is 4.83. The highest BCUT2D eigenvalue weighted by Gasteiger charge is 2.10. The second kappa shape index (κ2) is 5.51. The number of anilines is 1. The Bertz CT molecular complexity index is 418. The van der Waals surface area contributed by atoms with Crippen molar-refractivity contribution in [3.05, 3.63) is 28.8 Å². The van der Waals surface area contributed by atoms with Crippen molar-refractivity contribution in [2.75, 3.05) is 12.3 Å². The first-order valence-corrected chi connectivity index (χ1v) is 5.21. The van der Waals surface area contributed by atoms with Crippen LogP contribution < -0.4 is 11.1 Å². The van der Waals surface area contributed by atoms with Gasteiger partial charge < -0.3 is 11.1 Å². The van der Waals surface area contributed by atoms with Gasteiger partial charge in [0.05, 0.1) is 0 Å². The molecular formula is C11H13ClN2O2. The van der Waals surface area contributed by atoms with E-state index >= 15 is 0 Å². The van der Waals surface area contributed by atoms with Crippen molar-refractivity contribution in [3.63, 3.8) is 0 Å². The van der Waals surface area contributed by atoms with Gasteiger partial charge in [0.25, 0.3) is 0 Å². The van der Waals surface area contributed by atoms with Crippen LogP contribution in [0.15, 0.2) is 18.2 Å². The molecule has 0 aliphatic carbocycles. The first kappa shape index (κ1) is 12.5. The quantitative estimate of drug-likeness (QED) is 0.621. The van der Waals surface area contributed by atoms with E-state index in [2.05, 4.69) is 5.32 Å². The molecule has 0 heterocycles. The van der Waals surface area contributed by atoms with Crippen LogP contribution in [0.1, 0.15) is 23.7 Å². The summed E-state index contributed by atoms with van der Waals surface area (Å²) in [5.41, 5.74) is 6.46. The average molecular weight is 241 g/mol. The molecule has 0 aliphatic heterocycles. The summed E-state index contributed by atoms with van der Waals surface area (Å²) in [6.07, 6.45) is 0.212. The van der Waals surface area contributed by atoms with E-state index in [0.717, 1.165) is 0 Å². The second-order valence-corrected chi connectivity index (χ2v) is 3.82. The van der Waals surface area contributed by atoms with Crippen molar-refractivity contribution >= 4 is 29.0 Å². The Kier molecular flexibility index (Phi) is 4.31. The van der Waals surface area contributed by atoms with Gasteiger partial charge in [-0.2, -0.15) is 0 Å². The molecule has 0 aliphatic rings. The number of nitrogen functional groups attached to an aromatic ring is 1. The number of rotatable bonds is 4. The number of hydrogen-bond donors (Lipinski definition) is 2. The Morgan fingerprint density at radius 2 is 2.12 bits per heavy atom. The molecule has 0 bridgehead atoms. The fourth-order valence-electron chi connectivity index (χ4n) is 1.26.